The molecule has 7 nitrogen and oxygen atoms in total. The summed E-state index contributed by atoms with van der Waals surface area (Å²) in [7, 11) is 1.43. The SMILES string of the molecule is CCN(CC(=O)NCc1ccc(F)cc1)C(=O)COC(=O)c1ccccc1OC. The molecule has 0 atom stereocenters. The molecule has 2 aromatic rings. The van der Waals surface area contributed by atoms with E-state index in [1.807, 2.05) is 0 Å². The highest BCUT2D eigenvalue weighted by molar-refractivity contribution is 5.94. The molecule has 0 aliphatic carbocycles. The number of ether oxygens (including phenoxy) is 2. The minimum atomic E-state index is -0.687. The Kier molecular flexibility index (Phi) is 8.14. The van der Waals surface area contributed by atoms with Gasteiger partial charge in [0.1, 0.15) is 17.1 Å². The van der Waals surface area contributed by atoms with E-state index in [2.05, 4.69) is 5.32 Å². The van der Waals surface area contributed by atoms with Gasteiger partial charge in [-0.25, -0.2) is 9.18 Å². The average molecular weight is 402 g/mol. The van der Waals surface area contributed by atoms with Crippen LogP contribution in [0, 0.1) is 5.82 Å². The van der Waals surface area contributed by atoms with Crippen molar-refractivity contribution in [1.29, 1.82) is 0 Å². The van der Waals surface area contributed by atoms with E-state index in [-0.39, 0.29) is 36.9 Å². The lowest BCUT2D eigenvalue weighted by molar-refractivity contribution is -0.138. The smallest absolute Gasteiger partial charge is 0.342 e. The molecule has 0 saturated carbocycles. The summed E-state index contributed by atoms with van der Waals surface area (Å²) in [5.41, 5.74) is 0.947. The topological polar surface area (TPSA) is 84.9 Å². The van der Waals surface area contributed by atoms with Gasteiger partial charge in [-0.2, -0.15) is 0 Å². The van der Waals surface area contributed by atoms with Gasteiger partial charge in [-0.1, -0.05) is 24.3 Å². The van der Waals surface area contributed by atoms with E-state index in [0.29, 0.717) is 5.75 Å². The van der Waals surface area contributed by atoms with Crippen LogP contribution in [0.15, 0.2) is 48.5 Å². The Labute approximate surface area is 168 Å². The number of carbonyl (C=O) groups is 3. The molecule has 0 saturated heterocycles. The summed E-state index contributed by atoms with van der Waals surface area (Å²) in [6.07, 6.45) is 0. The average Bonchev–Trinajstić information content (AvgIpc) is 2.75. The van der Waals surface area contributed by atoms with Crippen LogP contribution in [0.3, 0.4) is 0 Å². The third-order valence-corrected chi connectivity index (χ3v) is 4.13. The molecule has 0 radical (unpaired) electrons. The summed E-state index contributed by atoms with van der Waals surface area (Å²) in [4.78, 5) is 37.8. The number of esters is 1. The molecule has 0 unspecified atom stereocenters. The number of nitrogens with one attached hydrogen (secondary N) is 1. The van der Waals surface area contributed by atoms with E-state index in [1.165, 1.54) is 30.2 Å². The van der Waals surface area contributed by atoms with Crippen LogP contribution >= 0.6 is 0 Å². The van der Waals surface area contributed by atoms with Gasteiger partial charge in [-0.3, -0.25) is 9.59 Å². The highest BCUT2D eigenvalue weighted by Gasteiger charge is 2.19. The summed E-state index contributed by atoms with van der Waals surface area (Å²) in [5, 5.41) is 2.66. The minimum Gasteiger partial charge on any atom is -0.496 e. The second kappa shape index (κ2) is 10.8. The van der Waals surface area contributed by atoms with Crippen molar-refractivity contribution in [1.82, 2.24) is 10.2 Å². The number of para-hydroxylation sites is 1. The first-order valence-electron chi connectivity index (χ1n) is 9.03. The second-order valence-electron chi connectivity index (χ2n) is 6.09. The number of methoxy groups -OCH3 is 1. The van der Waals surface area contributed by atoms with Crippen LogP contribution < -0.4 is 10.1 Å². The molecule has 29 heavy (non-hydrogen) atoms. The lowest BCUT2D eigenvalue weighted by Gasteiger charge is -2.20. The highest BCUT2D eigenvalue weighted by atomic mass is 19.1. The molecular weight excluding hydrogens is 379 g/mol. The molecule has 2 amide bonds. The normalized spacial score (nSPS) is 10.2. The van der Waals surface area contributed by atoms with Crippen LogP contribution in [-0.4, -0.2) is 49.5 Å². The van der Waals surface area contributed by atoms with Crippen molar-refractivity contribution in [2.75, 3.05) is 26.8 Å². The number of halogens is 1. The number of hydrogen-bond donors (Lipinski definition) is 1. The van der Waals surface area contributed by atoms with Crippen LogP contribution in [0.2, 0.25) is 0 Å². The lowest BCUT2D eigenvalue weighted by atomic mass is 10.2. The third-order valence-electron chi connectivity index (χ3n) is 4.13. The third kappa shape index (κ3) is 6.60. The Bertz CT molecular complexity index is 854. The number of likely N-dealkylation sites (N-methyl/N-ethyl adjacent to an activating group) is 1. The Morgan fingerprint density at radius 2 is 1.76 bits per heavy atom. The molecule has 0 fully saturated rings. The molecule has 8 heteroatoms. The molecule has 2 rings (SSSR count). The fourth-order valence-corrected chi connectivity index (χ4v) is 2.52. The zero-order valence-electron chi connectivity index (χ0n) is 16.3. The van der Waals surface area contributed by atoms with Crippen molar-refractivity contribution in [3.8, 4) is 5.75 Å². The summed E-state index contributed by atoms with van der Waals surface area (Å²) in [6.45, 7) is 1.54. The number of amides is 2. The largest absolute Gasteiger partial charge is 0.496 e. The van der Waals surface area contributed by atoms with Crippen LogP contribution in [0.5, 0.6) is 5.75 Å². The van der Waals surface area contributed by atoms with Crippen molar-refractivity contribution >= 4 is 17.8 Å². The number of carbonyl (C=O) groups excluding carboxylic acids is 3. The Balaban J connectivity index is 1.83. The van der Waals surface area contributed by atoms with Gasteiger partial charge >= 0.3 is 5.97 Å². The lowest BCUT2D eigenvalue weighted by Crippen LogP contribution is -2.42. The maximum atomic E-state index is 12.9. The fourth-order valence-electron chi connectivity index (χ4n) is 2.52. The van der Waals surface area contributed by atoms with Gasteiger partial charge in [0, 0.05) is 13.1 Å². The van der Waals surface area contributed by atoms with Gasteiger partial charge in [0.05, 0.1) is 13.7 Å². The molecule has 0 aliphatic rings. The van der Waals surface area contributed by atoms with Gasteiger partial charge < -0.3 is 19.7 Å². The molecule has 0 heterocycles. The monoisotopic (exact) mass is 402 g/mol. The first kappa shape index (κ1) is 21.9. The number of hydrogen-bond acceptors (Lipinski definition) is 5. The van der Waals surface area contributed by atoms with Crippen molar-refractivity contribution < 1.29 is 28.2 Å². The Morgan fingerprint density at radius 1 is 1.07 bits per heavy atom. The molecular formula is C21H23FN2O5. The summed E-state index contributed by atoms with van der Waals surface area (Å²) < 4.78 is 23.1. The molecule has 2 aromatic carbocycles. The second-order valence-corrected chi connectivity index (χ2v) is 6.09. The molecule has 154 valence electrons. The predicted molar refractivity (Wildman–Crippen MR) is 104 cm³/mol. The molecule has 0 aromatic heterocycles. The van der Waals surface area contributed by atoms with Gasteiger partial charge in [-0.15, -0.1) is 0 Å². The maximum absolute atomic E-state index is 12.9. The molecule has 0 aliphatic heterocycles. The van der Waals surface area contributed by atoms with Gasteiger partial charge in [0.15, 0.2) is 6.61 Å². The van der Waals surface area contributed by atoms with Crippen molar-refractivity contribution in [2.24, 2.45) is 0 Å². The quantitative estimate of drug-likeness (QED) is 0.650. The van der Waals surface area contributed by atoms with Crippen LogP contribution in [0.1, 0.15) is 22.8 Å². The van der Waals surface area contributed by atoms with E-state index in [0.717, 1.165) is 5.56 Å². The minimum absolute atomic E-state index is 0.178. The molecule has 0 spiro atoms. The van der Waals surface area contributed by atoms with Gasteiger partial charge in [0.25, 0.3) is 5.91 Å². The van der Waals surface area contributed by atoms with E-state index in [1.54, 1.807) is 37.3 Å². The Hall–Kier alpha value is -3.42. The van der Waals surface area contributed by atoms with Gasteiger partial charge in [0.2, 0.25) is 5.91 Å². The first-order valence-corrected chi connectivity index (χ1v) is 9.03. The summed E-state index contributed by atoms with van der Waals surface area (Å²) in [5.74, 6) is -1.57. The number of rotatable bonds is 9. The Morgan fingerprint density at radius 3 is 2.41 bits per heavy atom. The predicted octanol–water partition coefficient (Wildman–Crippen LogP) is 2.16. The van der Waals surface area contributed by atoms with Crippen LogP contribution in [0.25, 0.3) is 0 Å². The zero-order chi connectivity index (χ0) is 21.2. The first-order chi connectivity index (χ1) is 13.9. The van der Waals surface area contributed by atoms with E-state index >= 15 is 0 Å². The van der Waals surface area contributed by atoms with E-state index in [4.69, 9.17) is 9.47 Å². The van der Waals surface area contributed by atoms with Gasteiger partial charge in [-0.05, 0) is 36.8 Å². The number of benzene rings is 2. The van der Waals surface area contributed by atoms with Crippen molar-refractivity contribution in [3.05, 3.63) is 65.5 Å². The summed E-state index contributed by atoms with van der Waals surface area (Å²) in [6, 6.07) is 12.3. The number of nitrogens with zero attached hydrogens (tertiary/aromatic N) is 1. The highest BCUT2D eigenvalue weighted by Crippen LogP contribution is 2.18. The van der Waals surface area contributed by atoms with Crippen LogP contribution in [0.4, 0.5) is 4.39 Å². The molecule has 0 bridgehead atoms. The van der Waals surface area contributed by atoms with Crippen molar-refractivity contribution in [2.45, 2.75) is 13.5 Å². The maximum Gasteiger partial charge on any atom is 0.342 e. The molecule has 1 N–H and O–H groups in total. The van der Waals surface area contributed by atoms with Crippen molar-refractivity contribution in [3.63, 3.8) is 0 Å². The fraction of sp³-hybridized carbons (Fsp3) is 0.286. The standard InChI is InChI=1S/C21H23FN2O5/c1-3-24(13-19(25)23-12-15-8-10-16(22)11-9-15)20(26)14-29-21(27)17-6-4-5-7-18(17)28-2/h4-11H,3,12-14H2,1-2H3,(H,23,25). The zero-order valence-corrected chi connectivity index (χ0v) is 16.3. The summed E-state index contributed by atoms with van der Waals surface area (Å²) >= 11 is 0. The van der Waals surface area contributed by atoms with Crippen LogP contribution in [-0.2, 0) is 20.9 Å². The van der Waals surface area contributed by atoms with E-state index < -0.39 is 18.5 Å². The van der Waals surface area contributed by atoms with E-state index in [9.17, 15) is 18.8 Å².